The fraction of sp³-hybridized carbons (Fsp3) is 0.500. The van der Waals surface area contributed by atoms with Crippen molar-refractivity contribution in [2.75, 3.05) is 13.1 Å². The molecule has 4 amide bonds. The van der Waals surface area contributed by atoms with Crippen LogP contribution in [0, 0.1) is 5.92 Å². The van der Waals surface area contributed by atoms with Crippen molar-refractivity contribution in [3.8, 4) is 0 Å². The summed E-state index contributed by atoms with van der Waals surface area (Å²) in [7, 11) is 0. The van der Waals surface area contributed by atoms with Crippen LogP contribution in [0.1, 0.15) is 74.5 Å². The highest BCUT2D eigenvalue weighted by atomic mass is 16.3. The molecule has 4 rings (SSSR count). The zero-order valence-electron chi connectivity index (χ0n) is 22.9. The minimum atomic E-state index is -1.13. The highest BCUT2D eigenvalue weighted by molar-refractivity contribution is 6.07. The molecule has 0 aliphatic carbocycles. The standard InChI is InChI=1S/C30H39N3O5/c1-19(2)13-14-30(21-9-7-6-8-10-21)27(37)33(28(38)31-30)16-20-11-12-23(29(3,4)5)22(15-20)26(36)32-17-24(34)25(35)18-32/h6-12,15,19,24-25,34-35H,13-14,16-18H2,1-5H3,(H,31,38)/t24?,25?,30-/m1/s1. The first kappa shape index (κ1) is 27.8. The molecule has 2 aromatic carbocycles. The number of nitrogens with one attached hydrogen (secondary N) is 1. The van der Waals surface area contributed by atoms with E-state index >= 15 is 0 Å². The van der Waals surface area contributed by atoms with E-state index in [1.807, 2.05) is 63.2 Å². The predicted octanol–water partition coefficient (Wildman–Crippen LogP) is 3.55. The second-order valence-corrected chi connectivity index (χ2v) is 12.0. The molecule has 2 saturated heterocycles. The molecule has 38 heavy (non-hydrogen) atoms. The minimum absolute atomic E-state index is 0.0247. The molecule has 2 aromatic rings. The van der Waals surface area contributed by atoms with E-state index in [1.165, 1.54) is 9.80 Å². The van der Waals surface area contributed by atoms with Gasteiger partial charge in [0.25, 0.3) is 11.8 Å². The summed E-state index contributed by atoms with van der Waals surface area (Å²) < 4.78 is 0. The Morgan fingerprint density at radius 2 is 1.68 bits per heavy atom. The van der Waals surface area contributed by atoms with Gasteiger partial charge in [-0.3, -0.25) is 14.5 Å². The number of likely N-dealkylation sites (tertiary alicyclic amines) is 1. The maximum atomic E-state index is 13.9. The summed E-state index contributed by atoms with van der Waals surface area (Å²) in [4.78, 5) is 43.3. The molecule has 0 saturated carbocycles. The summed E-state index contributed by atoms with van der Waals surface area (Å²) in [6.07, 6.45) is -0.713. The number of carbonyl (C=O) groups is 3. The predicted molar refractivity (Wildman–Crippen MR) is 144 cm³/mol. The van der Waals surface area contributed by atoms with E-state index in [0.717, 1.165) is 17.5 Å². The monoisotopic (exact) mass is 521 g/mol. The fourth-order valence-corrected chi connectivity index (χ4v) is 5.32. The largest absolute Gasteiger partial charge is 0.388 e. The number of amides is 4. The van der Waals surface area contributed by atoms with Gasteiger partial charge >= 0.3 is 6.03 Å². The lowest BCUT2D eigenvalue weighted by atomic mass is 9.82. The summed E-state index contributed by atoms with van der Waals surface area (Å²) in [6, 6.07) is 14.3. The number of urea groups is 1. The Kier molecular flexibility index (Phi) is 7.68. The van der Waals surface area contributed by atoms with E-state index in [2.05, 4.69) is 19.2 Å². The van der Waals surface area contributed by atoms with Crippen molar-refractivity contribution in [2.45, 2.75) is 77.2 Å². The molecule has 2 unspecified atom stereocenters. The Morgan fingerprint density at radius 1 is 1.05 bits per heavy atom. The first-order valence-corrected chi connectivity index (χ1v) is 13.3. The lowest BCUT2D eigenvalue weighted by Crippen LogP contribution is -2.44. The van der Waals surface area contributed by atoms with Crippen LogP contribution < -0.4 is 5.32 Å². The second-order valence-electron chi connectivity index (χ2n) is 12.0. The average molecular weight is 522 g/mol. The van der Waals surface area contributed by atoms with Gasteiger partial charge < -0.3 is 20.4 Å². The molecule has 2 aliphatic heterocycles. The van der Waals surface area contributed by atoms with Gasteiger partial charge in [-0.15, -0.1) is 0 Å². The molecular formula is C30H39N3O5. The third-order valence-corrected chi connectivity index (χ3v) is 7.55. The summed E-state index contributed by atoms with van der Waals surface area (Å²) in [5, 5.41) is 23.0. The quantitative estimate of drug-likeness (QED) is 0.483. The van der Waals surface area contributed by atoms with Crippen LogP contribution in [0.25, 0.3) is 0 Å². The molecule has 204 valence electrons. The number of benzene rings is 2. The van der Waals surface area contributed by atoms with Crippen LogP contribution >= 0.6 is 0 Å². The van der Waals surface area contributed by atoms with Crippen LogP contribution in [-0.4, -0.2) is 63.2 Å². The minimum Gasteiger partial charge on any atom is -0.388 e. The van der Waals surface area contributed by atoms with Gasteiger partial charge in [-0.2, -0.15) is 0 Å². The SMILES string of the molecule is CC(C)CC[C@]1(c2ccccc2)NC(=O)N(Cc2ccc(C(C)(C)C)c(C(=O)N3CC(O)C(O)C3)c2)C1=O. The topological polar surface area (TPSA) is 110 Å². The maximum Gasteiger partial charge on any atom is 0.325 e. The number of aliphatic hydroxyl groups excluding tert-OH is 2. The van der Waals surface area contributed by atoms with Crippen LogP contribution in [0.15, 0.2) is 48.5 Å². The van der Waals surface area contributed by atoms with E-state index in [1.54, 1.807) is 6.07 Å². The van der Waals surface area contributed by atoms with Crippen molar-refractivity contribution < 1.29 is 24.6 Å². The highest BCUT2D eigenvalue weighted by Crippen LogP contribution is 2.36. The summed E-state index contributed by atoms with van der Waals surface area (Å²) >= 11 is 0. The molecule has 0 radical (unpaired) electrons. The molecule has 0 bridgehead atoms. The normalized spacial score (nSPS) is 23.9. The molecule has 2 heterocycles. The van der Waals surface area contributed by atoms with Crippen LogP contribution in [0.2, 0.25) is 0 Å². The van der Waals surface area contributed by atoms with Gasteiger partial charge in [-0.05, 0) is 46.9 Å². The number of β-amino-alcohol motifs (C(OH)–C–C–N with tert-alkyl or cyclic N) is 2. The Bertz CT molecular complexity index is 1200. The smallest absolute Gasteiger partial charge is 0.325 e. The number of hydrogen-bond acceptors (Lipinski definition) is 5. The van der Waals surface area contributed by atoms with Gasteiger partial charge in [-0.25, -0.2) is 4.79 Å². The molecule has 3 N–H and O–H groups in total. The fourth-order valence-electron chi connectivity index (χ4n) is 5.32. The van der Waals surface area contributed by atoms with Crippen molar-refractivity contribution in [1.29, 1.82) is 0 Å². The maximum absolute atomic E-state index is 13.9. The Balaban J connectivity index is 1.66. The van der Waals surface area contributed by atoms with Crippen LogP contribution in [0.4, 0.5) is 4.79 Å². The van der Waals surface area contributed by atoms with Crippen LogP contribution in [0.3, 0.4) is 0 Å². The molecule has 3 atom stereocenters. The summed E-state index contributed by atoms with van der Waals surface area (Å²) in [5.74, 6) is -0.233. The van der Waals surface area contributed by atoms with E-state index in [0.29, 0.717) is 23.5 Å². The van der Waals surface area contributed by atoms with Gasteiger partial charge in [0.15, 0.2) is 0 Å². The van der Waals surface area contributed by atoms with Crippen molar-refractivity contribution in [2.24, 2.45) is 5.92 Å². The van der Waals surface area contributed by atoms with Gasteiger partial charge in [0.05, 0.1) is 18.8 Å². The number of carbonyl (C=O) groups excluding carboxylic acids is 3. The molecule has 0 spiro atoms. The van der Waals surface area contributed by atoms with Gasteiger partial charge in [0, 0.05) is 18.7 Å². The molecule has 2 aliphatic rings. The highest BCUT2D eigenvalue weighted by Gasteiger charge is 2.52. The summed E-state index contributed by atoms with van der Waals surface area (Å²) in [6.45, 7) is 10.3. The first-order chi connectivity index (χ1) is 17.8. The second kappa shape index (κ2) is 10.5. The Hall–Kier alpha value is -3.23. The van der Waals surface area contributed by atoms with Gasteiger partial charge in [0.1, 0.15) is 5.54 Å². The lowest BCUT2D eigenvalue weighted by molar-refractivity contribution is -0.132. The van der Waals surface area contributed by atoms with E-state index < -0.39 is 23.8 Å². The number of aliphatic hydroxyl groups is 2. The number of rotatable bonds is 7. The average Bonchev–Trinajstić information content (AvgIpc) is 3.33. The third kappa shape index (κ3) is 5.33. The number of nitrogens with zero attached hydrogens (tertiary/aromatic N) is 2. The van der Waals surface area contributed by atoms with Crippen molar-refractivity contribution in [1.82, 2.24) is 15.1 Å². The van der Waals surface area contributed by atoms with E-state index in [9.17, 15) is 24.6 Å². The summed E-state index contributed by atoms with van der Waals surface area (Å²) in [5.41, 5.74) is 1.19. The molecule has 8 heteroatoms. The number of hydrogen-bond donors (Lipinski definition) is 3. The zero-order chi connectivity index (χ0) is 27.8. The Labute approximate surface area is 224 Å². The molecule has 8 nitrogen and oxygen atoms in total. The molecular weight excluding hydrogens is 482 g/mol. The van der Waals surface area contributed by atoms with E-state index in [4.69, 9.17) is 0 Å². The molecule has 2 fully saturated rings. The lowest BCUT2D eigenvalue weighted by Gasteiger charge is -2.28. The van der Waals surface area contributed by atoms with Crippen LogP contribution in [0.5, 0.6) is 0 Å². The van der Waals surface area contributed by atoms with Gasteiger partial charge in [-0.1, -0.05) is 77.1 Å². The number of imide groups is 1. The molecule has 0 aromatic heterocycles. The van der Waals surface area contributed by atoms with Crippen molar-refractivity contribution in [3.63, 3.8) is 0 Å². The van der Waals surface area contributed by atoms with E-state index in [-0.39, 0.29) is 36.9 Å². The van der Waals surface area contributed by atoms with Crippen LogP contribution in [-0.2, 0) is 22.3 Å². The Morgan fingerprint density at radius 3 is 2.26 bits per heavy atom. The third-order valence-electron chi connectivity index (χ3n) is 7.55. The van der Waals surface area contributed by atoms with Crippen molar-refractivity contribution >= 4 is 17.8 Å². The van der Waals surface area contributed by atoms with Gasteiger partial charge in [0.2, 0.25) is 0 Å². The van der Waals surface area contributed by atoms with Crippen molar-refractivity contribution in [3.05, 3.63) is 70.8 Å². The first-order valence-electron chi connectivity index (χ1n) is 13.3. The zero-order valence-corrected chi connectivity index (χ0v) is 22.9.